The molecule has 0 radical (unpaired) electrons. The third-order valence-corrected chi connectivity index (χ3v) is 7.46. The molecule has 0 unspecified atom stereocenters. The molecule has 0 aliphatic heterocycles. The number of ether oxygens (including phenoxy) is 1. The van der Waals surface area contributed by atoms with Crippen molar-refractivity contribution in [2.75, 3.05) is 0 Å². The van der Waals surface area contributed by atoms with Crippen molar-refractivity contribution in [2.24, 2.45) is 5.92 Å². The number of aliphatic carboxylic acids is 1. The van der Waals surface area contributed by atoms with Crippen LogP contribution in [0.25, 0.3) is 10.8 Å². The maximum Gasteiger partial charge on any atom is 0.326 e. The Labute approximate surface area is 204 Å². The lowest BCUT2D eigenvalue weighted by Gasteiger charge is -2.40. The average molecular weight is 530 g/mol. The summed E-state index contributed by atoms with van der Waals surface area (Å²) in [4.78, 5) is 23.0. The molecular weight excluding hydrogens is 505 g/mol. The summed E-state index contributed by atoms with van der Waals surface area (Å²) in [5.41, 5.74) is 0.232. The number of amides is 1. The molecule has 3 aromatic carbocycles. The molecule has 1 fully saturated rings. The molecule has 36 heavy (non-hydrogen) atoms. The summed E-state index contributed by atoms with van der Waals surface area (Å²) < 4.78 is 70.8. The van der Waals surface area contributed by atoms with Crippen LogP contribution >= 0.6 is 10.2 Å². The van der Waals surface area contributed by atoms with Gasteiger partial charge in [-0.25, -0.2) is 4.79 Å². The van der Waals surface area contributed by atoms with Crippen molar-refractivity contribution in [3.63, 3.8) is 0 Å². The van der Waals surface area contributed by atoms with E-state index in [1.807, 2.05) is 0 Å². The standard InChI is InChI=1S/C25H24F5NO4S/c26-36(27,28,29,30)19-12-9-16(10-13-19)15-35-23-20-8-4-3-5-17(20)11-14-21(23)24(32)31-22(25(33)34)18-6-1-2-7-18/h3-5,8-14,18,22H,1-2,6-7,15H2,(H,31,32)(H,33,34)/t22-/m0/s1. The van der Waals surface area contributed by atoms with Gasteiger partial charge < -0.3 is 15.2 Å². The molecule has 4 rings (SSSR count). The second-order valence-electron chi connectivity index (χ2n) is 8.90. The number of hydrogen-bond acceptors (Lipinski definition) is 3. The minimum atomic E-state index is -9.79. The van der Waals surface area contributed by atoms with E-state index in [1.54, 1.807) is 30.3 Å². The van der Waals surface area contributed by atoms with Gasteiger partial charge in [-0.05, 0) is 47.9 Å². The van der Waals surface area contributed by atoms with Gasteiger partial charge in [-0.2, -0.15) is 0 Å². The van der Waals surface area contributed by atoms with Gasteiger partial charge in [0.05, 0.1) is 5.56 Å². The Morgan fingerprint density at radius 2 is 1.58 bits per heavy atom. The zero-order chi connectivity index (χ0) is 26.2. The van der Waals surface area contributed by atoms with Crippen LogP contribution in [-0.4, -0.2) is 23.0 Å². The molecule has 11 heteroatoms. The largest absolute Gasteiger partial charge is 0.487 e. The number of rotatable bonds is 8. The van der Waals surface area contributed by atoms with E-state index in [4.69, 9.17) is 4.74 Å². The van der Waals surface area contributed by atoms with Crippen molar-refractivity contribution >= 4 is 32.9 Å². The summed E-state index contributed by atoms with van der Waals surface area (Å²) in [6.45, 7) is -0.306. The van der Waals surface area contributed by atoms with Gasteiger partial charge in [0, 0.05) is 5.39 Å². The zero-order valence-electron chi connectivity index (χ0n) is 18.9. The molecule has 1 aliphatic rings. The number of halogens is 5. The van der Waals surface area contributed by atoms with Crippen molar-refractivity contribution in [3.05, 3.63) is 71.8 Å². The summed E-state index contributed by atoms with van der Waals surface area (Å²) in [5.74, 6) is -1.88. The first-order chi connectivity index (χ1) is 16.7. The van der Waals surface area contributed by atoms with Crippen LogP contribution in [0.5, 0.6) is 5.75 Å². The van der Waals surface area contributed by atoms with Crippen molar-refractivity contribution in [1.29, 1.82) is 0 Å². The number of nitrogens with one attached hydrogen (secondary N) is 1. The molecule has 5 nitrogen and oxygen atoms in total. The summed E-state index contributed by atoms with van der Waals surface area (Å²) in [6, 6.07) is 11.4. The Balaban J connectivity index is 1.62. The van der Waals surface area contributed by atoms with Gasteiger partial charge in [-0.15, -0.1) is 0 Å². The van der Waals surface area contributed by atoms with E-state index < -0.39 is 33.0 Å². The van der Waals surface area contributed by atoms with Gasteiger partial charge >= 0.3 is 16.2 Å². The fraction of sp³-hybridized carbons (Fsp3) is 0.280. The molecular formula is C25H24F5NO4S. The van der Waals surface area contributed by atoms with Gasteiger partial charge in [0.1, 0.15) is 23.3 Å². The molecule has 1 amide bonds. The number of fused-ring (bicyclic) bond motifs is 1. The van der Waals surface area contributed by atoms with Crippen LogP contribution in [-0.2, 0) is 11.4 Å². The topological polar surface area (TPSA) is 75.6 Å². The Morgan fingerprint density at radius 1 is 0.944 bits per heavy atom. The number of carboxylic acid groups (broad SMARTS) is 1. The lowest BCUT2D eigenvalue weighted by atomic mass is 9.97. The second-order valence-corrected chi connectivity index (χ2v) is 11.3. The zero-order valence-corrected chi connectivity index (χ0v) is 19.8. The molecule has 0 spiro atoms. The maximum atomic E-state index is 13.2. The van der Waals surface area contributed by atoms with Crippen LogP contribution in [0.4, 0.5) is 19.4 Å². The monoisotopic (exact) mass is 529 g/mol. The third-order valence-electron chi connectivity index (χ3n) is 6.30. The first-order valence-electron chi connectivity index (χ1n) is 11.2. The molecule has 0 aromatic heterocycles. The van der Waals surface area contributed by atoms with Crippen LogP contribution in [0.15, 0.2) is 65.6 Å². The molecule has 0 heterocycles. The quantitative estimate of drug-likeness (QED) is 0.297. The van der Waals surface area contributed by atoms with E-state index in [0.29, 0.717) is 35.7 Å². The highest BCUT2D eigenvalue weighted by Gasteiger charge is 2.65. The molecule has 2 N–H and O–H groups in total. The third kappa shape index (κ3) is 5.72. The lowest BCUT2D eigenvalue weighted by Crippen LogP contribution is -2.45. The Bertz CT molecular complexity index is 1310. The van der Waals surface area contributed by atoms with Gasteiger partial charge in [0.2, 0.25) is 0 Å². The highest BCUT2D eigenvalue weighted by Crippen LogP contribution is 3.02. The predicted molar refractivity (Wildman–Crippen MR) is 127 cm³/mol. The van der Waals surface area contributed by atoms with E-state index >= 15 is 0 Å². The number of hydrogen-bond donors (Lipinski definition) is 2. The first kappa shape index (κ1) is 25.7. The highest BCUT2D eigenvalue weighted by molar-refractivity contribution is 8.45. The fourth-order valence-electron chi connectivity index (χ4n) is 4.47. The minimum Gasteiger partial charge on any atom is -0.487 e. The van der Waals surface area contributed by atoms with Gasteiger partial charge in [0.15, 0.2) is 0 Å². The lowest BCUT2D eigenvalue weighted by molar-refractivity contribution is -0.140. The summed E-state index contributed by atoms with van der Waals surface area (Å²) in [5, 5.41) is 13.5. The van der Waals surface area contributed by atoms with E-state index in [2.05, 4.69) is 5.32 Å². The number of carboxylic acids is 1. The predicted octanol–water partition coefficient (Wildman–Crippen LogP) is 7.45. The molecule has 1 saturated carbocycles. The summed E-state index contributed by atoms with van der Waals surface area (Å²) >= 11 is 0. The smallest absolute Gasteiger partial charge is 0.326 e. The summed E-state index contributed by atoms with van der Waals surface area (Å²) in [6.07, 6.45) is 3.14. The second kappa shape index (κ2) is 8.65. The SMILES string of the molecule is O=C(N[C@H](C(=O)O)C1CCCC1)c1ccc2ccccc2c1OCc1ccc(S(F)(F)(F)(F)F)cc1. The molecule has 1 atom stereocenters. The van der Waals surface area contributed by atoms with E-state index in [0.717, 1.165) is 25.0 Å². The molecule has 194 valence electrons. The molecule has 3 aromatic rings. The highest BCUT2D eigenvalue weighted by atomic mass is 32.5. The molecule has 1 aliphatic carbocycles. The summed E-state index contributed by atoms with van der Waals surface area (Å²) in [7, 11) is -9.79. The van der Waals surface area contributed by atoms with Gasteiger partial charge in [-0.1, -0.05) is 74.7 Å². The number of carbonyl (C=O) groups excluding carboxylic acids is 1. The Morgan fingerprint density at radius 3 is 2.19 bits per heavy atom. The maximum absolute atomic E-state index is 13.2. The Kier molecular flexibility index (Phi) is 6.19. The van der Waals surface area contributed by atoms with E-state index in [9.17, 15) is 34.1 Å². The van der Waals surface area contributed by atoms with Gasteiger partial charge in [-0.3, -0.25) is 4.79 Å². The van der Waals surface area contributed by atoms with Crippen LogP contribution in [0.3, 0.4) is 0 Å². The fourth-order valence-corrected chi connectivity index (χ4v) is 5.12. The van der Waals surface area contributed by atoms with Crippen LogP contribution in [0.2, 0.25) is 0 Å². The van der Waals surface area contributed by atoms with Crippen LogP contribution in [0, 0.1) is 5.92 Å². The number of carbonyl (C=O) groups is 2. The van der Waals surface area contributed by atoms with E-state index in [-0.39, 0.29) is 29.4 Å². The van der Waals surface area contributed by atoms with Crippen molar-refractivity contribution in [2.45, 2.75) is 43.2 Å². The first-order valence-corrected chi connectivity index (χ1v) is 13.2. The van der Waals surface area contributed by atoms with Crippen LogP contribution < -0.4 is 10.1 Å². The van der Waals surface area contributed by atoms with E-state index in [1.165, 1.54) is 6.07 Å². The normalized spacial score (nSPS) is 17.2. The number of benzene rings is 3. The molecule has 0 bridgehead atoms. The van der Waals surface area contributed by atoms with Crippen molar-refractivity contribution in [1.82, 2.24) is 5.32 Å². The van der Waals surface area contributed by atoms with Gasteiger partial charge in [0.25, 0.3) is 5.91 Å². The molecule has 0 saturated heterocycles. The van der Waals surface area contributed by atoms with Crippen LogP contribution in [0.1, 0.15) is 41.6 Å². The Hall–Kier alpha value is -3.34. The van der Waals surface area contributed by atoms with Crippen molar-refractivity contribution < 1.29 is 38.9 Å². The minimum absolute atomic E-state index is 0.0570. The average Bonchev–Trinajstić information content (AvgIpc) is 3.34. The van der Waals surface area contributed by atoms with Crippen molar-refractivity contribution in [3.8, 4) is 5.75 Å².